The van der Waals surface area contributed by atoms with Gasteiger partial charge in [-0.05, 0) is 30.5 Å². The summed E-state index contributed by atoms with van der Waals surface area (Å²) >= 11 is 0. The van der Waals surface area contributed by atoms with E-state index in [4.69, 9.17) is 10.5 Å². The number of amidine groups is 1. The highest BCUT2D eigenvalue weighted by molar-refractivity contribution is 7.65. The molecule has 6 N–H and O–H groups in total. The van der Waals surface area contributed by atoms with E-state index < -0.39 is 18.8 Å². The number of amides is 1. The number of nitrogens with zero attached hydrogens (tertiary/aromatic N) is 2. The van der Waals surface area contributed by atoms with Gasteiger partial charge in [-0.15, -0.1) is 0 Å². The number of primary amides is 1. The molecule has 2 aromatic rings. The zero-order chi connectivity index (χ0) is 24.7. The number of nitrogens with one attached hydrogen (secondary N) is 1. The molecule has 0 fully saturated rings. The van der Waals surface area contributed by atoms with Crippen molar-refractivity contribution in [2.24, 2.45) is 16.4 Å². The molecule has 0 aliphatic carbocycles. The van der Waals surface area contributed by atoms with Crippen LogP contribution in [0.5, 0.6) is 17.4 Å². The van der Waals surface area contributed by atoms with Gasteiger partial charge >= 0.3 is 7.52 Å². The van der Waals surface area contributed by atoms with Gasteiger partial charge < -0.3 is 35.5 Å². The summed E-state index contributed by atoms with van der Waals surface area (Å²) < 4.78 is 23.9. The van der Waals surface area contributed by atoms with Gasteiger partial charge in [0, 0.05) is 12.0 Å². The van der Waals surface area contributed by atoms with Gasteiger partial charge in [-0.3, -0.25) is 9.36 Å². The van der Waals surface area contributed by atoms with Crippen molar-refractivity contribution in [2.45, 2.75) is 53.0 Å². The standard InChI is InChI=1S/C22H31N4O6P/c1-12(2)8-9-26-19(22(3,4)5)18(28)17(21(26)29)20-24-14-7-6-13(32-11-16(23)27)10-15(14)33(30,31)25-20/h6-7,10,12,28-29H,8-9,11H2,1-5H3,(H2,23,27)(H2,24,25,30,31). The van der Waals surface area contributed by atoms with Crippen LogP contribution in [0.1, 0.15) is 52.3 Å². The number of hydrogen-bond acceptors (Lipinski definition) is 6. The van der Waals surface area contributed by atoms with Crippen LogP contribution in [0.25, 0.3) is 0 Å². The minimum absolute atomic E-state index is 0.0255. The van der Waals surface area contributed by atoms with Crippen molar-refractivity contribution < 1.29 is 29.2 Å². The lowest BCUT2D eigenvalue weighted by atomic mass is 9.91. The Kier molecular flexibility index (Phi) is 6.55. The van der Waals surface area contributed by atoms with Gasteiger partial charge in [-0.25, -0.2) is 0 Å². The van der Waals surface area contributed by atoms with E-state index in [-0.39, 0.29) is 46.4 Å². The maximum Gasteiger partial charge on any atom is 0.346 e. The van der Waals surface area contributed by atoms with Crippen LogP contribution >= 0.6 is 7.52 Å². The van der Waals surface area contributed by atoms with E-state index in [1.54, 1.807) is 4.57 Å². The van der Waals surface area contributed by atoms with E-state index in [1.165, 1.54) is 18.2 Å². The number of ether oxygens (including phenoxy) is 1. The van der Waals surface area contributed by atoms with Gasteiger partial charge in [0.15, 0.2) is 18.2 Å². The molecule has 0 radical (unpaired) electrons. The molecule has 3 rings (SSSR count). The molecule has 1 amide bonds. The fraction of sp³-hybridized carbons (Fsp3) is 0.455. The van der Waals surface area contributed by atoms with E-state index in [1.807, 2.05) is 20.8 Å². The van der Waals surface area contributed by atoms with Gasteiger partial charge in [-0.2, -0.15) is 4.76 Å². The topological polar surface area (TPSA) is 159 Å². The average Bonchev–Trinajstić information content (AvgIpc) is 2.94. The highest BCUT2D eigenvalue weighted by atomic mass is 31.2. The van der Waals surface area contributed by atoms with Crippen LogP contribution in [-0.2, 0) is 21.3 Å². The van der Waals surface area contributed by atoms with Crippen molar-refractivity contribution in [1.82, 2.24) is 4.57 Å². The fourth-order valence-electron chi connectivity index (χ4n) is 3.73. The summed E-state index contributed by atoms with van der Waals surface area (Å²) in [7, 11) is -4.29. The molecule has 0 bridgehead atoms. The van der Waals surface area contributed by atoms with Gasteiger partial charge in [0.1, 0.15) is 11.3 Å². The zero-order valence-electron chi connectivity index (χ0n) is 19.4. The molecule has 1 aromatic heterocycles. The number of carbonyl (C=O) groups excluding carboxylic acids is 1. The maximum absolute atomic E-state index is 13.1. The Labute approximate surface area is 192 Å². The quantitative estimate of drug-likeness (QED) is 0.383. The Bertz CT molecular complexity index is 1160. The van der Waals surface area contributed by atoms with E-state index in [9.17, 15) is 24.5 Å². The summed E-state index contributed by atoms with van der Waals surface area (Å²) in [5, 5.41) is 25.1. The predicted octanol–water partition coefficient (Wildman–Crippen LogP) is 2.79. The van der Waals surface area contributed by atoms with Gasteiger partial charge in [0.25, 0.3) is 5.91 Å². The highest BCUT2D eigenvalue weighted by Gasteiger charge is 2.37. The van der Waals surface area contributed by atoms with Gasteiger partial charge in [-0.1, -0.05) is 34.6 Å². The number of hydrogen-bond donors (Lipinski definition) is 5. The average molecular weight is 478 g/mol. The highest BCUT2D eigenvalue weighted by Crippen LogP contribution is 2.50. The number of benzene rings is 1. The smallest absolute Gasteiger partial charge is 0.346 e. The lowest BCUT2D eigenvalue weighted by Gasteiger charge is -2.23. The number of fused-ring (bicyclic) bond motifs is 1. The largest absolute Gasteiger partial charge is 0.505 e. The molecular weight excluding hydrogens is 447 g/mol. The summed E-state index contributed by atoms with van der Waals surface area (Å²) in [6.07, 6.45) is 0.763. The Hall–Kier alpha value is -2.97. The molecule has 1 atom stereocenters. The van der Waals surface area contributed by atoms with Crippen LogP contribution in [0.3, 0.4) is 0 Å². The Morgan fingerprint density at radius 1 is 1.30 bits per heavy atom. The first-order valence-electron chi connectivity index (χ1n) is 10.6. The number of aromatic hydroxyl groups is 2. The Morgan fingerprint density at radius 3 is 2.55 bits per heavy atom. The van der Waals surface area contributed by atoms with Crippen LogP contribution < -0.4 is 21.1 Å². The molecule has 0 saturated carbocycles. The number of nitrogens with two attached hydrogens (primary N) is 1. The van der Waals surface area contributed by atoms with Crippen LogP contribution in [0, 0.1) is 5.92 Å². The number of rotatable bonds is 7. The molecule has 33 heavy (non-hydrogen) atoms. The van der Waals surface area contributed by atoms with Crippen molar-refractivity contribution in [1.29, 1.82) is 0 Å². The van der Waals surface area contributed by atoms with Crippen LogP contribution in [-0.4, -0.2) is 38.0 Å². The first-order chi connectivity index (χ1) is 15.2. The third-order valence-corrected chi connectivity index (χ3v) is 6.71. The van der Waals surface area contributed by atoms with Gasteiger partial charge in [0.2, 0.25) is 5.88 Å². The van der Waals surface area contributed by atoms with E-state index in [2.05, 4.69) is 23.9 Å². The molecule has 2 heterocycles. The molecule has 1 unspecified atom stereocenters. The third kappa shape index (κ3) is 5.02. The lowest BCUT2D eigenvalue weighted by molar-refractivity contribution is -0.119. The lowest BCUT2D eigenvalue weighted by Crippen LogP contribution is -2.25. The summed E-state index contributed by atoms with van der Waals surface area (Å²) in [5.74, 6) is -0.661. The van der Waals surface area contributed by atoms with E-state index in [0.717, 1.165) is 6.42 Å². The second kappa shape index (κ2) is 8.76. The molecule has 11 heteroatoms. The third-order valence-electron chi connectivity index (χ3n) is 5.24. The Morgan fingerprint density at radius 2 is 1.97 bits per heavy atom. The minimum atomic E-state index is -4.29. The first kappa shape index (κ1) is 24.7. The molecular formula is C22H31N4O6P. The monoisotopic (exact) mass is 478 g/mol. The molecule has 1 aliphatic heterocycles. The van der Waals surface area contributed by atoms with Crippen LogP contribution in [0.4, 0.5) is 5.69 Å². The van der Waals surface area contributed by atoms with E-state index >= 15 is 0 Å². The minimum Gasteiger partial charge on any atom is -0.505 e. The van der Waals surface area contributed by atoms with Crippen molar-refractivity contribution in [2.75, 3.05) is 11.9 Å². The normalized spacial score (nSPS) is 18.0. The SMILES string of the molecule is CC(C)CCn1c(O)c(C2=NP(=O)(O)c3cc(OCC(N)=O)ccc3N2)c(O)c1C(C)(C)C. The number of aromatic nitrogens is 1. The molecule has 1 aliphatic rings. The molecule has 1 aromatic carbocycles. The van der Waals surface area contributed by atoms with Crippen molar-refractivity contribution in [3.8, 4) is 17.4 Å². The van der Waals surface area contributed by atoms with Gasteiger partial charge in [0.05, 0.1) is 16.7 Å². The van der Waals surface area contributed by atoms with Crippen LogP contribution in [0.2, 0.25) is 0 Å². The molecule has 0 spiro atoms. The van der Waals surface area contributed by atoms with Crippen molar-refractivity contribution >= 4 is 30.3 Å². The summed E-state index contributed by atoms with van der Waals surface area (Å²) in [5.41, 5.74) is 5.30. The summed E-state index contributed by atoms with van der Waals surface area (Å²) in [6.45, 7) is 9.94. The molecule has 180 valence electrons. The second-order valence-electron chi connectivity index (χ2n) is 9.53. The Balaban J connectivity index is 2.08. The van der Waals surface area contributed by atoms with Crippen molar-refractivity contribution in [3.05, 3.63) is 29.5 Å². The second-order valence-corrected chi connectivity index (χ2v) is 11.3. The van der Waals surface area contributed by atoms with Crippen LogP contribution in [0.15, 0.2) is 23.0 Å². The van der Waals surface area contributed by atoms with Crippen molar-refractivity contribution in [3.63, 3.8) is 0 Å². The summed E-state index contributed by atoms with van der Waals surface area (Å²) in [6, 6.07) is 4.31. The predicted molar refractivity (Wildman–Crippen MR) is 127 cm³/mol. The summed E-state index contributed by atoms with van der Waals surface area (Å²) in [4.78, 5) is 21.6. The van der Waals surface area contributed by atoms with E-state index in [0.29, 0.717) is 18.2 Å². The fourth-order valence-corrected chi connectivity index (χ4v) is 5.00. The number of anilines is 1. The number of carbonyl (C=O) groups is 1. The molecule has 0 saturated heterocycles. The molecule has 10 nitrogen and oxygen atoms in total. The maximum atomic E-state index is 13.1. The zero-order valence-corrected chi connectivity index (χ0v) is 20.3. The first-order valence-corrected chi connectivity index (χ1v) is 12.2.